The fraction of sp³-hybridized carbons (Fsp3) is 0.264. The van der Waals surface area contributed by atoms with E-state index >= 15 is 0 Å². The molecule has 3 N–H and O–H groups in total. The van der Waals surface area contributed by atoms with Gasteiger partial charge in [0.05, 0.1) is 65.9 Å². The first kappa shape index (κ1) is 62.3. The molecule has 3 aromatic carbocycles. The van der Waals surface area contributed by atoms with Gasteiger partial charge >= 0.3 is 6.30 Å². The van der Waals surface area contributed by atoms with Crippen molar-refractivity contribution in [2.75, 3.05) is 58.9 Å². The van der Waals surface area contributed by atoms with E-state index in [0.717, 1.165) is 52.0 Å². The minimum Gasteiger partial charge on any atom is -0.472 e. The van der Waals surface area contributed by atoms with Crippen molar-refractivity contribution in [2.45, 2.75) is 62.6 Å². The van der Waals surface area contributed by atoms with Gasteiger partial charge in [-0.2, -0.15) is 11.8 Å². The standard InChI is InChI=1S/C17H18N4O3S.C17H18N4O2S2.C15H11F3N4O2S.2C2H6.3H2/c1-23-10-8-21-16(13-7-9-24-11-13)19-20-17(21)25-12-15(22)18-14-5-3-2-4-6-14;1-24-10-8-21-16(13-7-9-23-11-13)19-20-17(21)25-12-15(22)18-14-5-3-2-4-6-14;16-15(17,18)22-13(10-6-7-24-8-10)20-21-14(22)25-9-12(23)19-11-4-2-1-3-5-11;2*1-2;;;/h2*2-7,9,11H,8,10,12H2,1H3,(H,18,22);1-8H,9H2,(H,19,23);2*1-2H3;3*1H. The minimum atomic E-state index is -4.73. The maximum Gasteiger partial charge on any atom is 0.492 e. The van der Waals surface area contributed by atoms with Crippen LogP contribution in [0, 0.1) is 0 Å². The van der Waals surface area contributed by atoms with Crippen molar-refractivity contribution in [3.63, 3.8) is 0 Å². The number of amides is 3. The summed E-state index contributed by atoms with van der Waals surface area (Å²) in [7, 11) is 1.64. The molecule has 0 atom stereocenters. The van der Waals surface area contributed by atoms with Gasteiger partial charge in [-0.15, -0.1) is 43.8 Å². The van der Waals surface area contributed by atoms with E-state index in [1.807, 2.05) is 110 Å². The molecule has 0 unspecified atom stereocenters. The van der Waals surface area contributed by atoms with Gasteiger partial charge in [-0.1, -0.05) is 118 Å². The molecule has 0 spiro atoms. The molecule has 79 heavy (non-hydrogen) atoms. The van der Waals surface area contributed by atoms with Crippen LogP contribution in [0.2, 0.25) is 0 Å². The van der Waals surface area contributed by atoms with Gasteiger partial charge in [-0.3, -0.25) is 19.0 Å². The summed E-state index contributed by atoms with van der Waals surface area (Å²) >= 11 is 5.11. The predicted octanol–water partition coefficient (Wildman–Crippen LogP) is 13.1. The molecule has 0 aliphatic heterocycles. The Labute approximate surface area is 476 Å². The normalized spacial score (nSPS) is 10.6. The van der Waals surface area contributed by atoms with Crippen molar-refractivity contribution in [3.8, 4) is 34.2 Å². The average molecular weight is 1170 g/mol. The summed E-state index contributed by atoms with van der Waals surface area (Å²) in [6.07, 6.45) is 6.18. The number of hydrogen-bond donors (Lipinski definition) is 3. The number of hydrogen-bond acceptors (Lipinski definition) is 17. The third-order valence-electron chi connectivity index (χ3n) is 9.87. The first-order valence-electron chi connectivity index (χ1n) is 24.4. The van der Waals surface area contributed by atoms with E-state index in [1.54, 1.807) is 74.3 Å². The van der Waals surface area contributed by atoms with Crippen molar-refractivity contribution < 1.29 is 49.8 Å². The SMILES string of the molecule is CC.CC.COCCn1c(SCC(=O)Nc2ccccc2)nnc1-c1ccoc1.CSCCn1c(SCC(=O)Nc2ccccc2)nnc1-c1ccoc1.O=C(CSc1nnc(-c2ccoc2)n1C(F)(F)F)Nc1ccccc1.[HH].[HH].[HH]. The molecular formula is C53H65F3N12O7S4. The average Bonchev–Trinajstić information content (AvgIpc) is 4.51. The molecule has 26 heteroatoms. The summed E-state index contributed by atoms with van der Waals surface area (Å²) in [5.41, 5.74) is 3.98. The van der Waals surface area contributed by atoms with Gasteiger partial charge in [0.25, 0.3) is 0 Å². The highest BCUT2D eigenvalue weighted by Gasteiger charge is 2.38. The van der Waals surface area contributed by atoms with Crippen LogP contribution in [0.4, 0.5) is 30.2 Å². The number of rotatable bonds is 21. The van der Waals surface area contributed by atoms with Gasteiger partial charge < -0.3 is 38.5 Å². The van der Waals surface area contributed by atoms with Crippen molar-refractivity contribution >= 4 is 81.8 Å². The lowest BCUT2D eigenvalue weighted by Gasteiger charge is -2.12. The molecule has 19 nitrogen and oxygen atoms in total. The highest BCUT2D eigenvalue weighted by molar-refractivity contribution is 8.00. The molecule has 9 aromatic rings. The molecule has 0 aliphatic rings. The number of anilines is 3. The Morgan fingerprint density at radius 3 is 1.24 bits per heavy atom. The zero-order chi connectivity index (χ0) is 56.8. The largest absolute Gasteiger partial charge is 0.492 e. The third-order valence-corrected chi connectivity index (χ3v) is 13.3. The van der Waals surface area contributed by atoms with Gasteiger partial charge in [0.15, 0.2) is 32.9 Å². The highest BCUT2D eigenvalue weighted by atomic mass is 32.2. The number of nitrogens with one attached hydrogen (secondary N) is 3. The number of carbonyl (C=O) groups is 3. The topological polar surface area (TPSA) is 228 Å². The van der Waals surface area contributed by atoms with E-state index in [-0.39, 0.29) is 43.5 Å². The molecule has 0 fully saturated rings. The molecule has 3 amide bonds. The van der Waals surface area contributed by atoms with Gasteiger partial charge in [0.1, 0.15) is 18.8 Å². The lowest BCUT2D eigenvalue weighted by Crippen LogP contribution is -2.20. The first-order valence-corrected chi connectivity index (χ1v) is 28.7. The number of carbonyl (C=O) groups excluding carboxylic acids is 3. The maximum atomic E-state index is 13.3. The number of furan rings is 3. The van der Waals surface area contributed by atoms with E-state index in [2.05, 4.69) is 52.8 Å². The molecule has 424 valence electrons. The van der Waals surface area contributed by atoms with Gasteiger partial charge in [-0.05, 0) is 60.9 Å². The zero-order valence-electron chi connectivity index (χ0n) is 44.0. The monoisotopic (exact) mass is 1170 g/mol. The number of para-hydroxylation sites is 3. The van der Waals surface area contributed by atoms with Crippen LogP contribution in [0.3, 0.4) is 0 Å². The Hall–Kier alpha value is -7.52. The Kier molecular flexibility index (Phi) is 26.6. The van der Waals surface area contributed by atoms with Crippen molar-refractivity contribution in [1.29, 1.82) is 0 Å². The van der Waals surface area contributed by atoms with Crippen LogP contribution in [0.25, 0.3) is 34.2 Å². The quantitative estimate of drug-likeness (QED) is 0.0568. The number of nitrogens with zero attached hydrogens (tertiary/aromatic N) is 9. The first-order chi connectivity index (χ1) is 38.5. The van der Waals surface area contributed by atoms with Crippen LogP contribution >= 0.6 is 47.0 Å². The van der Waals surface area contributed by atoms with Crippen LogP contribution in [0.15, 0.2) is 175 Å². The molecule has 0 aliphatic carbocycles. The molecule has 6 aromatic heterocycles. The van der Waals surface area contributed by atoms with Crippen LogP contribution in [0.5, 0.6) is 0 Å². The molecule has 9 rings (SSSR count). The number of methoxy groups -OCH3 is 1. The van der Waals surface area contributed by atoms with E-state index in [1.165, 1.54) is 35.9 Å². The second kappa shape index (κ2) is 33.7. The predicted molar refractivity (Wildman–Crippen MR) is 311 cm³/mol. The Bertz CT molecular complexity index is 3010. The van der Waals surface area contributed by atoms with Crippen molar-refractivity contribution in [1.82, 2.24) is 44.3 Å². The van der Waals surface area contributed by atoms with Crippen molar-refractivity contribution in [3.05, 3.63) is 147 Å². The van der Waals surface area contributed by atoms with E-state index < -0.39 is 23.2 Å². The van der Waals surface area contributed by atoms with E-state index in [0.29, 0.717) is 41.6 Å². The van der Waals surface area contributed by atoms with E-state index in [9.17, 15) is 27.6 Å². The molecule has 0 saturated heterocycles. The second-order valence-corrected chi connectivity index (χ2v) is 19.0. The summed E-state index contributed by atoms with van der Waals surface area (Å²) in [6, 6.07) is 32.4. The number of thioether (sulfide) groups is 4. The summed E-state index contributed by atoms with van der Waals surface area (Å²) in [6.45, 7) is 9.89. The molecule has 0 radical (unpaired) electrons. The summed E-state index contributed by atoms with van der Waals surface area (Å²) in [4.78, 5) is 36.2. The molecule has 0 saturated carbocycles. The number of aromatic nitrogens is 9. The lowest BCUT2D eigenvalue weighted by molar-refractivity contribution is -0.208. The molecular weight excluding hydrogens is 1100 g/mol. The summed E-state index contributed by atoms with van der Waals surface area (Å²) < 4.78 is 64.2. The smallest absolute Gasteiger partial charge is 0.472 e. The van der Waals surface area contributed by atoms with Gasteiger partial charge in [-0.25, -0.2) is 4.57 Å². The molecule has 6 heterocycles. The van der Waals surface area contributed by atoms with Crippen molar-refractivity contribution in [2.24, 2.45) is 0 Å². The Morgan fingerprint density at radius 1 is 0.532 bits per heavy atom. The van der Waals surface area contributed by atoms with Crippen LogP contribution in [0.1, 0.15) is 32.0 Å². The second-order valence-electron chi connectivity index (χ2n) is 15.2. The van der Waals surface area contributed by atoms with Crippen LogP contribution < -0.4 is 16.0 Å². The van der Waals surface area contributed by atoms with Gasteiger partial charge in [0, 0.05) is 40.7 Å². The van der Waals surface area contributed by atoms with E-state index in [4.69, 9.17) is 18.0 Å². The summed E-state index contributed by atoms with van der Waals surface area (Å²) in [5, 5.41) is 33.3. The number of halogens is 3. The number of benzene rings is 3. The zero-order valence-corrected chi connectivity index (χ0v) is 47.2. The fourth-order valence-electron chi connectivity index (χ4n) is 6.49. The minimum absolute atomic E-state index is 0. The maximum absolute atomic E-state index is 13.3. The Morgan fingerprint density at radius 2 is 0.886 bits per heavy atom. The van der Waals surface area contributed by atoms with Crippen LogP contribution in [-0.4, -0.2) is 105 Å². The number of ether oxygens (including phenoxy) is 1. The Balaban J connectivity index is 0.000000400. The van der Waals surface area contributed by atoms with Gasteiger partial charge in [0.2, 0.25) is 17.7 Å². The fourth-order valence-corrected chi connectivity index (χ4v) is 9.13. The number of alkyl halides is 3. The third kappa shape index (κ3) is 19.7. The van der Waals surface area contributed by atoms with Crippen LogP contribution in [-0.2, 0) is 38.5 Å². The molecule has 0 bridgehead atoms. The summed E-state index contributed by atoms with van der Waals surface area (Å²) in [5.74, 6) is 1.66. The highest BCUT2D eigenvalue weighted by Crippen LogP contribution is 2.34. The lowest BCUT2D eigenvalue weighted by atomic mass is 10.3.